The Morgan fingerprint density at radius 3 is 2.71 bits per heavy atom. The minimum atomic E-state index is -2.72. The van der Waals surface area contributed by atoms with Crippen molar-refractivity contribution in [3.05, 3.63) is 26.6 Å². The Kier molecular flexibility index (Phi) is 3.71. The van der Waals surface area contributed by atoms with Crippen molar-refractivity contribution >= 4 is 22.6 Å². The molecule has 1 heterocycles. The molecule has 0 unspecified atom stereocenters. The van der Waals surface area contributed by atoms with Gasteiger partial charge in [0.15, 0.2) is 0 Å². The van der Waals surface area contributed by atoms with Crippen LogP contribution in [0, 0.1) is 14.9 Å². The largest absolute Gasteiger partial charge is 0.326 e. The summed E-state index contributed by atoms with van der Waals surface area (Å²) in [6.45, 7) is -0.0187. The van der Waals surface area contributed by atoms with Gasteiger partial charge in [-0.25, -0.2) is 13.8 Å². The summed E-state index contributed by atoms with van der Waals surface area (Å²) < 4.78 is 25.7. The topological polar surface area (TPSA) is 62.7 Å². The third-order valence-electron chi connectivity index (χ3n) is 1.70. The molecule has 0 atom stereocenters. The summed E-state index contributed by atoms with van der Waals surface area (Å²) in [4.78, 5) is 3.62. The second-order valence-electron chi connectivity index (χ2n) is 2.46. The van der Waals surface area contributed by atoms with Crippen molar-refractivity contribution in [2.24, 2.45) is 5.73 Å². The lowest BCUT2D eigenvalue weighted by molar-refractivity contribution is 0.149. The molecule has 0 radical (unpaired) electrons. The van der Waals surface area contributed by atoms with Gasteiger partial charge in [-0.1, -0.05) is 0 Å². The molecule has 74 valence electrons. The standard InChI is InChI=1S/C8H6F2IN3/c9-8(10)7-4(1-12)5(11)3-14-6(7)2-13/h3,8H,1,12H2. The number of nitriles is 1. The van der Waals surface area contributed by atoms with Crippen molar-refractivity contribution in [3.8, 4) is 6.07 Å². The van der Waals surface area contributed by atoms with Gasteiger partial charge in [-0.3, -0.25) is 0 Å². The highest BCUT2D eigenvalue weighted by atomic mass is 127. The van der Waals surface area contributed by atoms with Crippen molar-refractivity contribution in [2.75, 3.05) is 0 Å². The lowest BCUT2D eigenvalue weighted by atomic mass is 10.1. The van der Waals surface area contributed by atoms with E-state index in [4.69, 9.17) is 11.0 Å². The second-order valence-corrected chi connectivity index (χ2v) is 3.63. The molecule has 0 aliphatic heterocycles. The van der Waals surface area contributed by atoms with E-state index in [1.165, 1.54) is 6.20 Å². The molecule has 1 rings (SSSR count). The zero-order valence-corrected chi connectivity index (χ0v) is 9.12. The van der Waals surface area contributed by atoms with Gasteiger partial charge in [0.25, 0.3) is 6.43 Å². The van der Waals surface area contributed by atoms with Crippen LogP contribution in [-0.2, 0) is 6.54 Å². The fourth-order valence-corrected chi connectivity index (χ4v) is 1.72. The minimum absolute atomic E-state index is 0.0187. The van der Waals surface area contributed by atoms with E-state index in [1.54, 1.807) is 6.07 Å². The van der Waals surface area contributed by atoms with Crippen LogP contribution in [0.25, 0.3) is 0 Å². The average molecular weight is 309 g/mol. The van der Waals surface area contributed by atoms with E-state index in [0.29, 0.717) is 9.13 Å². The summed E-state index contributed by atoms with van der Waals surface area (Å²) in [5, 5.41) is 8.59. The highest BCUT2D eigenvalue weighted by molar-refractivity contribution is 14.1. The summed E-state index contributed by atoms with van der Waals surface area (Å²) in [6.07, 6.45) is -1.35. The van der Waals surface area contributed by atoms with E-state index in [-0.39, 0.29) is 17.8 Å². The van der Waals surface area contributed by atoms with Crippen LogP contribution in [0.15, 0.2) is 6.20 Å². The van der Waals surface area contributed by atoms with Crippen molar-refractivity contribution in [1.29, 1.82) is 5.26 Å². The quantitative estimate of drug-likeness (QED) is 0.849. The first kappa shape index (κ1) is 11.3. The van der Waals surface area contributed by atoms with E-state index < -0.39 is 6.43 Å². The molecular formula is C8H6F2IN3. The summed E-state index contributed by atoms with van der Waals surface area (Å²) >= 11 is 1.87. The third kappa shape index (κ3) is 1.99. The van der Waals surface area contributed by atoms with Crippen molar-refractivity contribution in [2.45, 2.75) is 13.0 Å². The third-order valence-corrected chi connectivity index (χ3v) is 2.63. The number of hydrogen-bond donors (Lipinski definition) is 1. The number of aromatic nitrogens is 1. The lowest BCUT2D eigenvalue weighted by Gasteiger charge is -2.09. The molecule has 3 nitrogen and oxygen atoms in total. The predicted octanol–water partition coefficient (Wildman–Crippen LogP) is 1.95. The number of nitrogens with zero attached hydrogens (tertiary/aromatic N) is 2. The fraction of sp³-hybridized carbons (Fsp3) is 0.250. The first-order chi connectivity index (χ1) is 6.61. The lowest BCUT2D eigenvalue weighted by Crippen LogP contribution is -2.08. The number of nitrogens with two attached hydrogens (primary N) is 1. The van der Waals surface area contributed by atoms with Crippen LogP contribution < -0.4 is 5.73 Å². The predicted molar refractivity (Wildman–Crippen MR) is 54.5 cm³/mol. The normalized spacial score (nSPS) is 10.3. The maximum atomic E-state index is 12.6. The first-order valence-corrected chi connectivity index (χ1v) is 4.75. The summed E-state index contributed by atoms with van der Waals surface area (Å²) in [5.74, 6) is 0. The van der Waals surface area contributed by atoms with Gasteiger partial charge in [0, 0.05) is 16.3 Å². The van der Waals surface area contributed by atoms with Gasteiger partial charge < -0.3 is 5.73 Å². The van der Waals surface area contributed by atoms with E-state index in [0.717, 1.165) is 0 Å². The van der Waals surface area contributed by atoms with E-state index in [9.17, 15) is 8.78 Å². The van der Waals surface area contributed by atoms with Crippen molar-refractivity contribution < 1.29 is 8.78 Å². The van der Waals surface area contributed by atoms with Crippen LogP contribution in [0.1, 0.15) is 23.2 Å². The zero-order chi connectivity index (χ0) is 10.7. The van der Waals surface area contributed by atoms with Crippen LogP contribution in [0.3, 0.4) is 0 Å². The molecule has 0 aromatic carbocycles. The van der Waals surface area contributed by atoms with Gasteiger partial charge in [0.05, 0.1) is 5.56 Å². The molecule has 2 N–H and O–H groups in total. The Morgan fingerprint density at radius 2 is 2.29 bits per heavy atom. The fourth-order valence-electron chi connectivity index (χ4n) is 1.07. The van der Waals surface area contributed by atoms with Gasteiger partial charge in [-0.05, 0) is 28.2 Å². The number of halogens is 3. The van der Waals surface area contributed by atoms with Crippen LogP contribution in [0.2, 0.25) is 0 Å². The highest BCUT2D eigenvalue weighted by Crippen LogP contribution is 2.27. The molecule has 0 saturated heterocycles. The molecule has 1 aromatic rings. The number of hydrogen-bond acceptors (Lipinski definition) is 3. The van der Waals surface area contributed by atoms with E-state index in [1.807, 2.05) is 22.6 Å². The Labute approximate surface area is 93.1 Å². The molecule has 6 heteroatoms. The molecule has 0 spiro atoms. The number of rotatable bonds is 2. The number of alkyl halides is 2. The van der Waals surface area contributed by atoms with E-state index >= 15 is 0 Å². The highest BCUT2D eigenvalue weighted by Gasteiger charge is 2.20. The maximum absolute atomic E-state index is 12.6. The molecule has 0 aliphatic carbocycles. The van der Waals surface area contributed by atoms with Crippen LogP contribution in [0.5, 0.6) is 0 Å². The second kappa shape index (κ2) is 4.61. The van der Waals surface area contributed by atoms with Gasteiger partial charge in [0.2, 0.25) is 0 Å². The molecule has 0 aliphatic rings. The van der Waals surface area contributed by atoms with Gasteiger partial charge in [-0.15, -0.1) is 0 Å². The molecule has 0 saturated carbocycles. The molecule has 14 heavy (non-hydrogen) atoms. The number of pyridine rings is 1. The minimum Gasteiger partial charge on any atom is -0.326 e. The maximum Gasteiger partial charge on any atom is 0.267 e. The van der Waals surface area contributed by atoms with Crippen LogP contribution in [0.4, 0.5) is 8.78 Å². The summed E-state index contributed by atoms with van der Waals surface area (Å²) in [5.41, 5.74) is 5.04. The molecule has 0 fully saturated rings. The first-order valence-electron chi connectivity index (χ1n) is 3.67. The summed E-state index contributed by atoms with van der Waals surface area (Å²) in [7, 11) is 0. The van der Waals surface area contributed by atoms with Crippen molar-refractivity contribution in [1.82, 2.24) is 4.98 Å². The van der Waals surface area contributed by atoms with E-state index in [2.05, 4.69) is 4.98 Å². The smallest absolute Gasteiger partial charge is 0.267 e. The summed E-state index contributed by atoms with van der Waals surface area (Å²) in [6, 6.07) is 1.63. The zero-order valence-electron chi connectivity index (χ0n) is 6.97. The average Bonchev–Trinajstić information content (AvgIpc) is 2.17. The Balaban J connectivity index is 3.46. The van der Waals surface area contributed by atoms with Gasteiger partial charge in [0.1, 0.15) is 11.8 Å². The van der Waals surface area contributed by atoms with Gasteiger partial charge >= 0.3 is 0 Å². The molecule has 0 amide bonds. The Hall–Kier alpha value is -0.810. The SMILES string of the molecule is N#Cc1ncc(I)c(CN)c1C(F)F. The molecular weight excluding hydrogens is 303 g/mol. The van der Waals surface area contributed by atoms with Crippen LogP contribution in [-0.4, -0.2) is 4.98 Å². The molecule has 0 bridgehead atoms. The van der Waals surface area contributed by atoms with Gasteiger partial charge in [-0.2, -0.15) is 5.26 Å². The van der Waals surface area contributed by atoms with Crippen molar-refractivity contribution in [3.63, 3.8) is 0 Å². The molecule has 1 aromatic heterocycles. The Bertz CT molecular complexity index is 387. The monoisotopic (exact) mass is 309 g/mol. The van der Waals surface area contributed by atoms with Crippen LogP contribution >= 0.6 is 22.6 Å². The Morgan fingerprint density at radius 1 is 1.64 bits per heavy atom.